The Balaban J connectivity index is 1.68. The Bertz CT molecular complexity index is 288. The van der Waals surface area contributed by atoms with Crippen molar-refractivity contribution in [1.29, 1.82) is 0 Å². The number of carbonyl (C=O) groups excluding carboxylic acids is 1. The zero-order chi connectivity index (χ0) is 13.7. The molecule has 0 aromatic rings. The number of ether oxygens (including phenoxy) is 1. The van der Waals surface area contributed by atoms with Crippen LogP contribution >= 0.6 is 0 Å². The van der Waals surface area contributed by atoms with E-state index in [2.05, 4.69) is 17.1 Å². The molecule has 1 aliphatic carbocycles. The fourth-order valence-electron chi connectivity index (χ4n) is 3.25. The van der Waals surface area contributed by atoms with Gasteiger partial charge >= 0.3 is 0 Å². The maximum atomic E-state index is 12.3. The van der Waals surface area contributed by atoms with Crippen molar-refractivity contribution in [3.63, 3.8) is 0 Å². The summed E-state index contributed by atoms with van der Waals surface area (Å²) in [6.45, 7) is 7.79. The van der Waals surface area contributed by atoms with E-state index >= 15 is 0 Å². The average Bonchev–Trinajstić information content (AvgIpc) is 2.37. The first-order valence-corrected chi connectivity index (χ1v) is 7.85. The monoisotopic (exact) mass is 268 g/mol. The van der Waals surface area contributed by atoms with Gasteiger partial charge in [0.15, 0.2) is 0 Å². The highest BCUT2D eigenvalue weighted by atomic mass is 16.5. The fourth-order valence-corrected chi connectivity index (χ4v) is 3.25. The summed E-state index contributed by atoms with van der Waals surface area (Å²) in [6.07, 6.45) is 5.62. The first-order valence-electron chi connectivity index (χ1n) is 7.85. The summed E-state index contributed by atoms with van der Waals surface area (Å²) in [5, 5.41) is 3.46. The molecule has 1 saturated heterocycles. The zero-order valence-electron chi connectivity index (χ0n) is 12.4. The lowest BCUT2D eigenvalue weighted by atomic mass is 9.79. The van der Waals surface area contributed by atoms with Gasteiger partial charge in [0.25, 0.3) is 0 Å². The first-order chi connectivity index (χ1) is 9.22. The first kappa shape index (κ1) is 14.8. The molecule has 2 rings (SSSR count). The van der Waals surface area contributed by atoms with E-state index in [9.17, 15) is 4.79 Å². The second-order valence-electron chi connectivity index (χ2n) is 5.86. The fraction of sp³-hybridized carbons (Fsp3) is 0.933. The molecule has 4 heteroatoms. The summed E-state index contributed by atoms with van der Waals surface area (Å²) in [4.78, 5) is 14.3. The highest BCUT2D eigenvalue weighted by Crippen LogP contribution is 2.33. The Labute approximate surface area is 116 Å². The molecule has 1 unspecified atom stereocenters. The standard InChI is InChI=1S/C15H28N2O2/c1-3-16-13-6-5-7-17(11-13)15(18)10-12-8-14(9-12)19-4-2/h12-14,16H,3-11H2,1-2H3. The summed E-state index contributed by atoms with van der Waals surface area (Å²) in [7, 11) is 0. The van der Waals surface area contributed by atoms with Gasteiger partial charge in [-0.25, -0.2) is 0 Å². The lowest BCUT2D eigenvalue weighted by molar-refractivity contribution is -0.135. The van der Waals surface area contributed by atoms with E-state index in [0.717, 1.165) is 51.9 Å². The van der Waals surface area contributed by atoms with E-state index in [4.69, 9.17) is 4.74 Å². The predicted octanol–water partition coefficient (Wildman–Crippen LogP) is 1.79. The van der Waals surface area contributed by atoms with E-state index in [1.165, 1.54) is 6.42 Å². The van der Waals surface area contributed by atoms with Gasteiger partial charge in [0, 0.05) is 32.2 Å². The maximum absolute atomic E-state index is 12.3. The number of rotatable bonds is 6. The number of carbonyl (C=O) groups is 1. The molecular weight excluding hydrogens is 240 g/mol. The van der Waals surface area contributed by atoms with E-state index in [-0.39, 0.29) is 0 Å². The number of nitrogens with one attached hydrogen (secondary N) is 1. The SMILES string of the molecule is CCNC1CCCN(C(=O)CC2CC(OCC)C2)C1. The number of nitrogens with zero attached hydrogens (tertiary/aromatic N) is 1. The van der Waals surface area contributed by atoms with Crippen molar-refractivity contribution in [2.24, 2.45) is 5.92 Å². The average molecular weight is 268 g/mol. The number of hydrogen-bond acceptors (Lipinski definition) is 3. The minimum absolute atomic E-state index is 0.350. The smallest absolute Gasteiger partial charge is 0.222 e. The van der Waals surface area contributed by atoms with Crippen molar-refractivity contribution in [3.8, 4) is 0 Å². The van der Waals surface area contributed by atoms with Gasteiger partial charge in [-0.2, -0.15) is 0 Å². The van der Waals surface area contributed by atoms with E-state index in [1.807, 2.05) is 6.92 Å². The van der Waals surface area contributed by atoms with Gasteiger partial charge in [-0.1, -0.05) is 6.92 Å². The van der Waals surface area contributed by atoms with Crippen LogP contribution in [-0.4, -0.2) is 49.2 Å². The van der Waals surface area contributed by atoms with Crippen LogP contribution in [0.4, 0.5) is 0 Å². The van der Waals surface area contributed by atoms with Gasteiger partial charge in [0.1, 0.15) is 0 Å². The molecular formula is C15H28N2O2. The minimum atomic E-state index is 0.350. The third kappa shape index (κ3) is 4.18. The molecule has 1 heterocycles. The lowest BCUT2D eigenvalue weighted by Crippen LogP contribution is -2.48. The summed E-state index contributed by atoms with van der Waals surface area (Å²) in [6, 6.07) is 0.500. The zero-order valence-corrected chi connectivity index (χ0v) is 12.4. The van der Waals surface area contributed by atoms with Crippen LogP contribution in [0, 0.1) is 5.92 Å². The molecule has 0 spiro atoms. The molecule has 0 aromatic heterocycles. The summed E-state index contributed by atoms with van der Waals surface area (Å²) >= 11 is 0. The Kier molecular flexibility index (Phi) is 5.64. The molecule has 110 valence electrons. The molecule has 2 fully saturated rings. The number of amides is 1. The van der Waals surface area contributed by atoms with Crippen molar-refractivity contribution in [2.45, 2.75) is 58.1 Å². The Morgan fingerprint density at radius 2 is 2.16 bits per heavy atom. The van der Waals surface area contributed by atoms with Crippen LogP contribution in [0.3, 0.4) is 0 Å². The molecule has 1 N–H and O–H groups in total. The number of hydrogen-bond donors (Lipinski definition) is 1. The summed E-state index contributed by atoms with van der Waals surface area (Å²) in [5.74, 6) is 0.908. The molecule has 2 aliphatic rings. The molecule has 0 radical (unpaired) electrons. The molecule has 0 aromatic carbocycles. The van der Waals surface area contributed by atoms with Gasteiger partial charge in [-0.05, 0) is 45.1 Å². The number of likely N-dealkylation sites (tertiary alicyclic amines) is 1. The van der Waals surface area contributed by atoms with E-state index < -0.39 is 0 Å². The van der Waals surface area contributed by atoms with Gasteiger partial charge in [0.2, 0.25) is 5.91 Å². The Morgan fingerprint density at radius 3 is 2.84 bits per heavy atom. The second kappa shape index (κ2) is 7.25. The Morgan fingerprint density at radius 1 is 1.37 bits per heavy atom. The summed E-state index contributed by atoms with van der Waals surface area (Å²) < 4.78 is 5.55. The van der Waals surface area contributed by atoms with Crippen LogP contribution in [-0.2, 0) is 9.53 Å². The van der Waals surface area contributed by atoms with E-state index in [0.29, 0.717) is 24.0 Å². The Hall–Kier alpha value is -0.610. The quantitative estimate of drug-likeness (QED) is 0.798. The van der Waals surface area contributed by atoms with Crippen LogP contribution in [0.5, 0.6) is 0 Å². The van der Waals surface area contributed by atoms with Gasteiger partial charge < -0.3 is 15.0 Å². The molecule has 19 heavy (non-hydrogen) atoms. The maximum Gasteiger partial charge on any atom is 0.222 e. The number of likely N-dealkylation sites (N-methyl/N-ethyl adjacent to an activating group) is 1. The summed E-state index contributed by atoms with van der Waals surface area (Å²) in [5.41, 5.74) is 0. The van der Waals surface area contributed by atoms with Crippen LogP contribution in [0.2, 0.25) is 0 Å². The van der Waals surface area contributed by atoms with E-state index in [1.54, 1.807) is 0 Å². The largest absolute Gasteiger partial charge is 0.378 e. The molecule has 1 aliphatic heterocycles. The van der Waals surface area contributed by atoms with Crippen molar-refractivity contribution in [1.82, 2.24) is 10.2 Å². The third-order valence-corrected chi connectivity index (χ3v) is 4.33. The molecule has 1 amide bonds. The molecule has 1 saturated carbocycles. The van der Waals surface area contributed by atoms with Gasteiger partial charge in [-0.3, -0.25) is 4.79 Å². The molecule has 4 nitrogen and oxygen atoms in total. The highest BCUT2D eigenvalue weighted by Gasteiger charge is 2.33. The van der Waals surface area contributed by atoms with Gasteiger partial charge in [-0.15, -0.1) is 0 Å². The van der Waals surface area contributed by atoms with Crippen LogP contribution in [0.25, 0.3) is 0 Å². The van der Waals surface area contributed by atoms with Crippen LogP contribution in [0.15, 0.2) is 0 Å². The van der Waals surface area contributed by atoms with Crippen molar-refractivity contribution >= 4 is 5.91 Å². The van der Waals surface area contributed by atoms with Crippen molar-refractivity contribution in [2.75, 3.05) is 26.2 Å². The van der Waals surface area contributed by atoms with Crippen molar-refractivity contribution in [3.05, 3.63) is 0 Å². The highest BCUT2D eigenvalue weighted by molar-refractivity contribution is 5.76. The van der Waals surface area contributed by atoms with Crippen LogP contribution < -0.4 is 5.32 Å². The number of piperidine rings is 1. The third-order valence-electron chi connectivity index (χ3n) is 4.33. The normalized spacial score (nSPS) is 31.1. The lowest BCUT2D eigenvalue weighted by Gasteiger charge is -2.38. The molecule has 1 atom stereocenters. The minimum Gasteiger partial charge on any atom is -0.378 e. The van der Waals surface area contributed by atoms with Crippen LogP contribution in [0.1, 0.15) is 46.0 Å². The van der Waals surface area contributed by atoms with Crippen molar-refractivity contribution < 1.29 is 9.53 Å². The predicted molar refractivity (Wildman–Crippen MR) is 76.0 cm³/mol. The topological polar surface area (TPSA) is 41.6 Å². The molecule has 0 bridgehead atoms. The second-order valence-corrected chi connectivity index (χ2v) is 5.86. The van der Waals surface area contributed by atoms with Gasteiger partial charge in [0.05, 0.1) is 6.10 Å².